The van der Waals surface area contributed by atoms with E-state index in [0.29, 0.717) is 0 Å². The molecular weight excluding hydrogens is 230 g/mol. The second kappa shape index (κ2) is 3.67. The van der Waals surface area contributed by atoms with Crippen molar-refractivity contribution in [1.29, 1.82) is 0 Å². The molecule has 0 radical (unpaired) electrons. The molecule has 0 saturated carbocycles. The van der Waals surface area contributed by atoms with Crippen LogP contribution in [0, 0.1) is 13.8 Å². The summed E-state index contributed by atoms with van der Waals surface area (Å²) in [6.45, 7) is 4.26. The fourth-order valence-electron chi connectivity index (χ4n) is 2.13. The summed E-state index contributed by atoms with van der Waals surface area (Å²) in [7, 11) is 1.86. The van der Waals surface area contributed by atoms with Gasteiger partial charge in [-0.05, 0) is 59.0 Å². The third-order valence-electron chi connectivity index (χ3n) is 3.17. The highest BCUT2D eigenvalue weighted by Crippen LogP contribution is 2.31. The summed E-state index contributed by atoms with van der Waals surface area (Å²) < 4.78 is 0. The third-order valence-corrected chi connectivity index (χ3v) is 3.86. The van der Waals surface area contributed by atoms with E-state index < -0.39 is 0 Å². The normalized spacial score (nSPS) is 11.2. The number of benzene rings is 1. The lowest BCUT2D eigenvalue weighted by Crippen LogP contribution is -1.91. The average Bonchev–Trinajstić information content (AvgIpc) is 2.91. The van der Waals surface area contributed by atoms with E-state index in [2.05, 4.69) is 46.9 Å². The Kier molecular flexibility index (Phi) is 2.26. The number of nitrogens with zero attached hydrogens (tertiary/aromatic N) is 3. The van der Waals surface area contributed by atoms with Crippen molar-refractivity contribution in [2.45, 2.75) is 13.8 Å². The molecule has 0 saturated heterocycles. The molecular formula is C13H13N3S. The van der Waals surface area contributed by atoms with Crippen molar-refractivity contribution in [2.75, 3.05) is 0 Å². The Labute approximate surface area is 104 Å². The van der Waals surface area contributed by atoms with E-state index >= 15 is 0 Å². The van der Waals surface area contributed by atoms with Crippen molar-refractivity contribution in [3.8, 4) is 11.1 Å². The van der Waals surface area contributed by atoms with E-state index in [1.54, 1.807) is 16.1 Å². The Balaban J connectivity index is 2.36. The van der Waals surface area contributed by atoms with Crippen molar-refractivity contribution in [3.05, 3.63) is 34.0 Å². The van der Waals surface area contributed by atoms with Crippen LogP contribution >= 0.6 is 11.3 Å². The number of hydrogen-bond donors (Lipinski definition) is 0. The SMILES string of the molecule is Cc1c(-c2ccsc2)cc2nn(C)nc2c1C. The second-order valence-electron chi connectivity index (χ2n) is 4.24. The van der Waals surface area contributed by atoms with E-state index in [1.807, 2.05) is 7.05 Å². The van der Waals surface area contributed by atoms with Gasteiger partial charge >= 0.3 is 0 Å². The molecule has 2 heterocycles. The van der Waals surface area contributed by atoms with Crippen LogP contribution in [-0.4, -0.2) is 15.0 Å². The van der Waals surface area contributed by atoms with E-state index in [9.17, 15) is 0 Å². The van der Waals surface area contributed by atoms with Crippen LogP contribution in [0.5, 0.6) is 0 Å². The Bertz CT molecular complexity index is 680. The zero-order chi connectivity index (χ0) is 12.0. The van der Waals surface area contributed by atoms with Crippen LogP contribution in [0.15, 0.2) is 22.9 Å². The Morgan fingerprint density at radius 3 is 2.71 bits per heavy atom. The molecule has 0 amide bonds. The number of thiophene rings is 1. The molecule has 0 atom stereocenters. The van der Waals surface area contributed by atoms with Crippen LogP contribution in [0.2, 0.25) is 0 Å². The first-order valence-corrected chi connectivity index (χ1v) is 6.45. The van der Waals surface area contributed by atoms with Gasteiger partial charge in [0, 0.05) is 7.05 Å². The fourth-order valence-corrected chi connectivity index (χ4v) is 2.78. The van der Waals surface area contributed by atoms with E-state index in [4.69, 9.17) is 0 Å². The molecule has 17 heavy (non-hydrogen) atoms. The first kappa shape index (κ1) is 10.5. The highest BCUT2D eigenvalue weighted by molar-refractivity contribution is 7.08. The maximum absolute atomic E-state index is 4.40. The van der Waals surface area contributed by atoms with Gasteiger partial charge in [0.15, 0.2) is 0 Å². The lowest BCUT2D eigenvalue weighted by Gasteiger charge is -2.07. The van der Waals surface area contributed by atoms with Gasteiger partial charge in [-0.15, -0.1) is 0 Å². The Morgan fingerprint density at radius 1 is 1.18 bits per heavy atom. The Morgan fingerprint density at radius 2 is 2.00 bits per heavy atom. The molecule has 0 aliphatic rings. The van der Waals surface area contributed by atoms with Crippen molar-refractivity contribution in [3.63, 3.8) is 0 Å². The summed E-state index contributed by atoms with van der Waals surface area (Å²) in [4.78, 5) is 1.63. The van der Waals surface area contributed by atoms with E-state index in [1.165, 1.54) is 22.3 Å². The molecule has 2 aromatic heterocycles. The monoisotopic (exact) mass is 243 g/mol. The molecule has 0 bridgehead atoms. The number of aromatic nitrogens is 3. The summed E-state index contributed by atoms with van der Waals surface area (Å²) in [5.74, 6) is 0. The maximum Gasteiger partial charge on any atom is 0.116 e. The molecule has 3 aromatic rings. The van der Waals surface area contributed by atoms with Crippen LogP contribution in [-0.2, 0) is 7.05 Å². The second-order valence-corrected chi connectivity index (χ2v) is 5.02. The smallest absolute Gasteiger partial charge is 0.116 e. The van der Waals surface area contributed by atoms with E-state index in [0.717, 1.165) is 11.0 Å². The predicted molar refractivity (Wildman–Crippen MR) is 71.3 cm³/mol. The third kappa shape index (κ3) is 1.56. The lowest BCUT2D eigenvalue weighted by molar-refractivity contribution is 0.665. The molecule has 1 aromatic carbocycles. The molecule has 0 spiro atoms. The van der Waals surface area contributed by atoms with Crippen molar-refractivity contribution >= 4 is 22.4 Å². The molecule has 0 aliphatic carbocycles. The number of hydrogen-bond acceptors (Lipinski definition) is 3. The molecule has 86 valence electrons. The summed E-state index contributed by atoms with van der Waals surface area (Å²) in [6.07, 6.45) is 0. The van der Waals surface area contributed by atoms with Crippen molar-refractivity contribution < 1.29 is 0 Å². The summed E-state index contributed by atoms with van der Waals surface area (Å²) in [6, 6.07) is 4.28. The highest BCUT2D eigenvalue weighted by Gasteiger charge is 2.12. The van der Waals surface area contributed by atoms with Gasteiger partial charge in [-0.3, -0.25) is 0 Å². The molecule has 0 aliphatic heterocycles. The van der Waals surface area contributed by atoms with Crippen molar-refractivity contribution in [1.82, 2.24) is 15.0 Å². The molecule has 0 unspecified atom stereocenters. The number of aryl methyl sites for hydroxylation is 2. The summed E-state index contributed by atoms with van der Waals surface area (Å²) in [5.41, 5.74) is 7.01. The topological polar surface area (TPSA) is 30.7 Å². The van der Waals surface area contributed by atoms with E-state index in [-0.39, 0.29) is 0 Å². The largest absolute Gasteiger partial charge is 0.187 e. The van der Waals surface area contributed by atoms with Gasteiger partial charge in [-0.2, -0.15) is 26.3 Å². The lowest BCUT2D eigenvalue weighted by atomic mass is 9.98. The zero-order valence-corrected chi connectivity index (χ0v) is 10.9. The summed E-state index contributed by atoms with van der Waals surface area (Å²) in [5, 5.41) is 13.1. The first-order valence-electron chi connectivity index (χ1n) is 5.50. The highest BCUT2D eigenvalue weighted by atomic mass is 32.1. The molecule has 3 rings (SSSR count). The molecule has 0 fully saturated rings. The van der Waals surface area contributed by atoms with Crippen LogP contribution < -0.4 is 0 Å². The maximum atomic E-state index is 4.40. The number of fused-ring (bicyclic) bond motifs is 1. The predicted octanol–water partition coefficient (Wildman–Crippen LogP) is 3.31. The van der Waals surface area contributed by atoms with Gasteiger partial charge in [0.2, 0.25) is 0 Å². The zero-order valence-electron chi connectivity index (χ0n) is 10.1. The van der Waals surface area contributed by atoms with Crippen molar-refractivity contribution in [2.24, 2.45) is 7.05 Å². The average molecular weight is 243 g/mol. The van der Waals surface area contributed by atoms with Gasteiger partial charge in [-0.25, -0.2) is 0 Å². The summed E-state index contributed by atoms with van der Waals surface area (Å²) >= 11 is 1.72. The van der Waals surface area contributed by atoms with Gasteiger partial charge in [0.25, 0.3) is 0 Å². The molecule has 3 nitrogen and oxygen atoms in total. The van der Waals surface area contributed by atoms with Crippen LogP contribution in [0.3, 0.4) is 0 Å². The fraction of sp³-hybridized carbons (Fsp3) is 0.231. The van der Waals surface area contributed by atoms with Crippen LogP contribution in [0.1, 0.15) is 11.1 Å². The minimum absolute atomic E-state index is 0.969. The minimum Gasteiger partial charge on any atom is -0.187 e. The van der Waals surface area contributed by atoms with Crippen LogP contribution in [0.25, 0.3) is 22.2 Å². The van der Waals surface area contributed by atoms with Gasteiger partial charge in [0.1, 0.15) is 11.0 Å². The molecule has 0 N–H and O–H groups in total. The molecule has 4 heteroatoms. The van der Waals surface area contributed by atoms with Crippen LogP contribution in [0.4, 0.5) is 0 Å². The van der Waals surface area contributed by atoms with Gasteiger partial charge < -0.3 is 0 Å². The standard InChI is InChI=1S/C13H13N3S/c1-8-9(2)13-12(14-16(3)15-13)6-11(8)10-4-5-17-7-10/h4-7H,1-3H3. The first-order chi connectivity index (χ1) is 8.16. The van der Waals surface area contributed by atoms with Gasteiger partial charge in [-0.1, -0.05) is 0 Å². The number of rotatable bonds is 1. The Hall–Kier alpha value is -1.68. The minimum atomic E-state index is 0.969. The quantitative estimate of drug-likeness (QED) is 0.656. The van der Waals surface area contributed by atoms with Gasteiger partial charge in [0.05, 0.1) is 0 Å².